The minimum Gasteiger partial charge on any atom is -0.354 e. The van der Waals surface area contributed by atoms with Gasteiger partial charge >= 0.3 is 0 Å². The van der Waals surface area contributed by atoms with Gasteiger partial charge in [-0.15, -0.1) is 0 Å². The van der Waals surface area contributed by atoms with Gasteiger partial charge in [0.2, 0.25) is 0 Å². The van der Waals surface area contributed by atoms with Gasteiger partial charge in [0, 0.05) is 24.7 Å². The Bertz CT molecular complexity index is 1020. The van der Waals surface area contributed by atoms with E-state index in [-0.39, 0.29) is 17.8 Å². The molecule has 2 bridgehead atoms. The van der Waals surface area contributed by atoms with Gasteiger partial charge < -0.3 is 10.5 Å². The number of hydrogen-bond donors (Lipinski definition) is 2. The van der Waals surface area contributed by atoms with Gasteiger partial charge in [-0.3, -0.25) is 10.2 Å². The number of hydrogen-bond acceptors (Lipinski definition) is 5. The summed E-state index contributed by atoms with van der Waals surface area (Å²) < 4.78 is 34.7. The molecule has 1 aliphatic carbocycles. The van der Waals surface area contributed by atoms with Gasteiger partial charge in [0.15, 0.2) is 6.30 Å². The van der Waals surface area contributed by atoms with Crippen LogP contribution in [0.2, 0.25) is 0 Å². The van der Waals surface area contributed by atoms with Crippen LogP contribution in [0.1, 0.15) is 42.1 Å². The van der Waals surface area contributed by atoms with Crippen LogP contribution in [0.4, 0.5) is 8.78 Å². The third-order valence-corrected chi connectivity index (χ3v) is 6.71. The van der Waals surface area contributed by atoms with E-state index in [0.29, 0.717) is 18.2 Å². The molecule has 5 rings (SSSR count). The minimum absolute atomic E-state index is 0.0139. The van der Waals surface area contributed by atoms with Crippen LogP contribution in [0.3, 0.4) is 0 Å². The van der Waals surface area contributed by atoms with E-state index in [4.69, 9.17) is 15.7 Å². The van der Waals surface area contributed by atoms with Gasteiger partial charge in [0.05, 0.1) is 12.3 Å². The molecule has 30 heavy (non-hydrogen) atoms. The monoisotopic (exact) mass is 410 g/mol. The van der Waals surface area contributed by atoms with Crippen molar-refractivity contribution in [3.8, 4) is 17.2 Å². The average Bonchev–Trinajstić information content (AvgIpc) is 3.41. The first-order chi connectivity index (χ1) is 14.5. The number of nitrogens with two attached hydrogens (primary N) is 1. The van der Waals surface area contributed by atoms with Crippen molar-refractivity contribution in [2.75, 3.05) is 13.3 Å². The van der Waals surface area contributed by atoms with E-state index in [1.54, 1.807) is 6.07 Å². The Hall–Kier alpha value is -2.37. The zero-order valence-corrected chi connectivity index (χ0v) is 16.6. The van der Waals surface area contributed by atoms with Crippen LogP contribution in [0.15, 0.2) is 36.4 Å². The summed E-state index contributed by atoms with van der Waals surface area (Å²) >= 11 is 0. The van der Waals surface area contributed by atoms with Crippen molar-refractivity contribution in [2.24, 2.45) is 5.73 Å². The smallest absolute Gasteiger partial charge is 0.183 e. The fraction of sp³-hybridized carbons (Fsp3) is 0.435. The minimum atomic E-state index is -1.34. The highest BCUT2D eigenvalue weighted by molar-refractivity contribution is 5.70. The quantitative estimate of drug-likeness (QED) is 0.757. The van der Waals surface area contributed by atoms with Crippen molar-refractivity contribution in [3.63, 3.8) is 0 Å². The van der Waals surface area contributed by atoms with E-state index >= 15 is 0 Å². The van der Waals surface area contributed by atoms with Crippen LogP contribution in [0.5, 0.6) is 0 Å². The van der Waals surface area contributed by atoms with Crippen LogP contribution in [-0.2, 0) is 11.3 Å². The van der Waals surface area contributed by atoms with E-state index < -0.39 is 18.2 Å². The Balaban J connectivity index is 1.57. The first-order valence-corrected chi connectivity index (χ1v) is 10.3. The summed E-state index contributed by atoms with van der Waals surface area (Å²) in [6.45, 7) is 1.60. The summed E-state index contributed by atoms with van der Waals surface area (Å²) in [5, 5.41) is 11.7. The molecule has 4 atom stereocenters. The Labute approximate surface area is 174 Å². The fourth-order valence-corrected chi connectivity index (χ4v) is 5.27. The molecule has 0 radical (unpaired) electrons. The second-order valence-electron chi connectivity index (χ2n) is 8.69. The van der Waals surface area contributed by atoms with Gasteiger partial charge in [-0.05, 0) is 53.6 Å². The number of fused-ring (bicyclic) bond motifs is 2. The van der Waals surface area contributed by atoms with Gasteiger partial charge in [-0.25, -0.2) is 8.78 Å². The van der Waals surface area contributed by atoms with Crippen molar-refractivity contribution in [3.05, 3.63) is 58.9 Å². The molecule has 0 amide bonds. The number of nitriles is 1. The average molecular weight is 410 g/mol. The molecule has 156 valence electrons. The predicted octanol–water partition coefficient (Wildman–Crippen LogP) is 3.34. The first-order valence-electron chi connectivity index (χ1n) is 10.3. The molecule has 0 aromatic heterocycles. The van der Waals surface area contributed by atoms with E-state index in [1.165, 1.54) is 12.1 Å². The molecule has 2 aliphatic heterocycles. The molecule has 5 nitrogen and oxygen atoms in total. The molecule has 1 saturated carbocycles. The molecule has 2 heterocycles. The number of rotatable bonds is 4. The third-order valence-electron chi connectivity index (χ3n) is 6.71. The zero-order valence-electron chi connectivity index (χ0n) is 16.6. The standard InChI is InChI=1S/C23H24F2N4O/c24-19-8-14(4-5-15(19)10-26)18-3-1-2-16(20(18)21-22(25)28-13-30-21)11-29-12-23(27)7-6-17(29)9-23/h1-5,8,17,21-22,28H,6-7,9,11-13,27H2/t17-,21?,22?,23-/m0/s1. The number of piperidine rings is 1. The summed E-state index contributed by atoms with van der Waals surface area (Å²) in [4.78, 5) is 2.38. The van der Waals surface area contributed by atoms with Crippen LogP contribution >= 0.6 is 0 Å². The normalized spacial score (nSPS) is 30.7. The van der Waals surface area contributed by atoms with Gasteiger partial charge in [-0.1, -0.05) is 24.3 Å². The van der Waals surface area contributed by atoms with Crippen LogP contribution in [0.25, 0.3) is 11.1 Å². The number of alkyl halides is 1. The van der Waals surface area contributed by atoms with E-state index in [2.05, 4.69) is 10.2 Å². The third kappa shape index (κ3) is 3.30. The van der Waals surface area contributed by atoms with Crippen LogP contribution in [-0.4, -0.2) is 36.1 Å². The van der Waals surface area contributed by atoms with Gasteiger partial charge in [-0.2, -0.15) is 5.26 Å². The zero-order chi connectivity index (χ0) is 20.9. The van der Waals surface area contributed by atoms with E-state index in [9.17, 15) is 8.78 Å². The van der Waals surface area contributed by atoms with Crippen LogP contribution < -0.4 is 11.1 Å². The molecule has 3 N–H and O–H groups in total. The molecular weight excluding hydrogens is 386 g/mol. The maximum absolute atomic E-state index is 14.7. The highest BCUT2D eigenvalue weighted by atomic mass is 19.1. The van der Waals surface area contributed by atoms with Crippen molar-refractivity contribution >= 4 is 0 Å². The molecule has 0 spiro atoms. The van der Waals surface area contributed by atoms with Crippen molar-refractivity contribution < 1.29 is 13.5 Å². The molecule has 2 aromatic rings. The SMILES string of the molecule is N#Cc1ccc(-c2cccc(CN3C[C@]4(N)CC[C@H]3C4)c2C2OCNC2F)cc1F. The highest BCUT2D eigenvalue weighted by Crippen LogP contribution is 2.42. The van der Waals surface area contributed by atoms with Crippen molar-refractivity contribution in [1.29, 1.82) is 5.26 Å². The van der Waals surface area contributed by atoms with E-state index in [1.807, 2.05) is 24.3 Å². The summed E-state index contributed by atoms with van der Waals surface area (Å²) in [5.74, 6) is -0.587. The fourth-order valence-electron chi connectivity index (χ4n) is 5.27. The number of likely N-dealkylation sites (tertiary alicyclic amines) is 1. The molecule has 7 heteroatoms. The molecule has 3 aliphatic rings. The lowest BCUT2D eigenvalue weighted by molar-refractivity contribution is 0.0764. The number of nitrogens with zero attached hydrogens (tertiary/aromatic N) is 2. The molecule has 2 saturated heterocycles. The van der Waals surface area contributed by atoms with Gasteiger partial charge in [0.1, 0.15) is 18.0 Å². The topological polar surface area (TPSA) is 74.3 Å². The summed E-state index contributed by atoms with van der Waals surface area (Å²) in [6, 6.07) is 12.5. The summed E-state index contributed by atoms with van der Waals surface area (Å²) in [6.07, 6.45) is 1.01. The second kappa shape index (κ2) is 7.40. The van der Waals surface area contributed by atoms with Crippen LogP contribution in [0, 0.1) is 17.1 Å². The molecule has 2 unspecified atom stereocenters. The number of halogens is 2. The Morgan fingerprint density at radius 2 is 2.20 bits per heavy atom. The lowest BCUT2D eigenvalue weighted by atomic mass is 9.90. The molecular formula is C23H24F2N4O. The molecule has 2 aromatic carbocycles. The highest BCUT2D eigenvalue weighted by Gasteiger charge is 2.47. The van der Waals surface area contributed by atoms with Crippen molar-refractivity contribution in [2.45, 2.75) is 49.8 Å². The first kappa shape index (κ1) is 19.6. The lowest BCUT2D eigenvalue weighted by Gasteiger charge is -2.31. The Kier molecular flexibility index (Phi) is 4.83. The largest absolute Gasteiger partial charge is 0.354 e. The Morgan fingerprint density at radius 3 is 2.83 bits per heavy atom. The lowest BCUT2D eigenvalue weighted by Crippen LogP contribution is -2.44. The summed E-state index contributed by atoms with van der Waals surface area (Å²) in [5.41, 5.74) is 9.37. The summed E-state index contributed by atoms with van der Waals surface area (Å²) in [7, 11) is 0. The molecule has 3 fully saturated rings. The number of nitrogens with one attached hydrogen (secondary N) is 1. The van der Waals surface area contributed by atoms with Gasteiger partial charge in [0.25, 0.3) is 0 Å². The number of ether oxygens (including phenoxy) is 1. The number of benzene rings is 2. The second-order valence-corrected chi connectivity index (χ2v) is 8.69. The Morgan fingerprint density at radius 1 is 1.33 bits per heavy atom. The maximum Gasteiger partial charge on any atom is 0.183 e. The predicted molar refractivity (Wildman–Crippen MR) is 108 cm³/mol. The maximum atomic E-state index is 14.7. The van der Waals surface area contributed by atoms with E-state index in [0.717, 1.165) is 42.5 Å². The van der Waals surface area contributed by atoms with Crippen molar-refractivity contribution in [1.82, 2.24) is 10.2 Å².